The molecule has 0 saturated carbocycles. The zero-order chi connectivity index (χ0) is 16.9. The molecule has 0 unspecified atom stereocenters. The van der Waals surface area contributed by atoms with Gasteiger partial charge in [-0.25, -0.2) is 8.42 Å². The summed E-state index contributed by atoms with van der Waals surface area (Å²) in [6.45, 7) is 0.622. The van der Waals surface area contributed by atoms with Crippen LogP contribution in [0.1, 0.15) is 12.8 Å². The average molecular weight is 367 g/mol. The van der Waals surface area contributed by atoms with E-state index in [1.165, 1.54) is 21.9 Å². The summed E-state index contributed by atoms with van der Waals surface area (Å²) in [6, 6.07) is 4.99. The smallest absolute Gasteiger partial charge is 0.252 e. The fourth-order valence-electron chi connectivity index (χ4n) is 3.38. The summed E-state index contributed by atoms with van der Waals surface area (Å²) >= 11 is 1.17. The highest BCUT2D eigenvalue weighted by Crippen LogP contribution is 2.35. The Labute approximate surface area is 143 Å². The molecule has 0 N–H and O–H groups in total. The van der Waals surface area contributed by atoms with Gasteiger partial charge in [-0.05, 0) is 25.0 Å². The molecule has 2 aromatic heterocycles. The maximum atomic E-state index is 13.0. The van der Waals surface area contributed by atoms with E-state index in [9.17, 15) is 13.2 Å². The third-order valence-electron chi connectivity index (χ3n) is 4.80. The van der Waals surface area contributed by atoms with Crippen molar-refractivity contribution < 1.29 is 17.7 Å². The zero-order valence-corrected chi connectivity index (χ0v) is 14.7. The summed E-state index contributed by atoms with van der Waals surface area (Å²) in [5, 5.41) is 3.84. The Morgan fingerprint density at radius 3 is 2.83 bits per heavy atom. The van der Waals surface area contributed by atoms with Crippen LogP contribution in [0.15, 0.2) is 33.2 Å². The summed E-state index contributed by atoms with van der Waals surface area (Å²) in [4.78, 5) is 14.7. The molecule has 0 aliphatic carbocycles. The van der Waals surface area contributed by atoms with Crippen molar-refractivity contribution in [2.45, 2.75) is 23.1 Å². The van der Waals surface area contributed by atoms with Crippen LogP contribution in [0.2, 0.25) is 0 Å². The maximum Gasteiger partial charge on any atom is 0.252 e. The molecule has 0 spiro atoms. The Hall–Kier alpha value is -1.71. The number of likely N-dealkylation sites (N-methyl/N-ethyl adjacent to an activating group) is 1. The Balaban J connectivity index is 1.65. The Kier molecular flexibility index (Phi) is 3.74. The third kappa shape index (κ3) is 2.47. The SMILES string of the molecule is CN1C(=O)[C@@H]2CC[C@H]1CN(S(=O)(=O)c1ccc(-c3ccon3)s1)C2. The van der Waals surface area contributed by atoms with E-state index in [4.69, 9.17) is 4.52 Å². The average Bonchev–Trinajstić information content (AvgIpc) is 3.18. The van der Waals surface area contributed by atoms with Crippen LogP contribution >= 0.6 is 11.3 Å². The number of nitrogens with zero attached hydrogens (tertiary/aromatic N) is 3. The normalized spacial score (nSPS) is 25.2. The van der Waals surface area contributed by atoms with Crippen LogP contribution in [-0.4, -0.2) is 54.9 Å². The second kappa shape index (κ2) is 5.68. The second-order valence-corrected chi connectivity index (χ2v) is 9.45. The third-order valence-corrected chi connectivity index (χ3v) is 8.20. The summed E-state index contributed by atoms with van der Waals surface area (Å²) in [7, 11) is -1.85. The fourth-order valence-corrected chi connectivity index (χ4v) is 6.32. The molecule has 7 nitrogen and oxygen atoms in total. The van der Waals surface area contributed by atoms with Crippen molar-refractivity contribution in [1.82, 2.24) is 14.4 Å². The minimum Gasteiger partial charge on any atom is -0.364 e. The number of carbonyl (C=O) groups excluding carboxylic acids is 1. The highest BCUT2D eigenvalue weighted by atomic mass is 32.2. The number of aromatic nitrogens is 1. The van der Waals surface area contributed by atoms with Crippen LogP contribution in [-0.2, 0) is 14.8 Å². The van der Waals surface area contributed by atoms with Gasteiger partial charge in [-0.1, -0.05) is 5.16 Å². The minimum atomic E-state index is -3.61. The van der Waals surface area contributed by atoms with Crippen LogP contribution in [0.5, 0.6) is 0 Å². The number of rotatable bonds is 3. The molecule has 0 radical (unpaired) electrons. The van der Waals surface area contributed by atoms with E-state index in [1.54, 1.807) is 30.1 Å². The lowest BCUT2D eigenvalue weighted by Gasteiger charge is -2.32. The molecule has 0 aromatic carbocycles. The van der Waals surface area contributed by atoms with E-state index in [2.05, 4.69) is 5.16 Å². The van der Waals surface area contributed by atoms with E-state index in [0.29, 0.717) is 12.2 Å². The summed E-state index contributed by atoms with van der Waals surface area (Å²) in [5.41, 5.74) is 0.618. The van der Waals surface area contributed by atoms with Crippen molar-refractivity contribution in [1.29, 1.82) is 0 Å². The number of fused-ring (bicyclic) bond motifs is 4. The van der Waals surface area contributed by atoms with E-state index in [-0.39, 0.29) is 28.6 Å². The molecular weight excluding hydrogens is 350 g/mol. The Bertz CT molecular complexity index is 859. The molecule has 2 bridgehead atoms. The highest BCUT2D eigenvalue weighted by Gasteiger charge is 2.43. The van der Waals surface area contributed by atoms with E-state index in [0.717, 1.165) is 17.7 Å². The maximum absolute atomic E-state index is 13.0. The quantitative estimate of drug-likeness (QED) is 0.824. The van der Waals surface area contributed by atoms with Gasteiger partial charge in [0.05, 0.1) is 10.8 Å². The molecule has 3 aliphatic heterocycles. The van der Waals surface area contributed by atoms with Gasteiger partial charge < -0.3 is 9.42 Å². The summed E-state index contributed by atoms with van der Waals surface area (Å²) in [6.07, 6.45) is 3.07. The predicted molar refractivity (Wildman–Crippen MR) is 87.9 cm³/mol. The molecular formula is C15H17N3O4S2. The van der Waals surface area contributed by atoms with Gasteiger partial charge in [-0.15, -0.1) is 11.3 Å². The molecule has 3 fully saturated rings. The number of amides is 1. The second-order valence-electron chi connectivity index (χ2n) is 6.20. The number of piperidine rings is 1. The van der Waals surface area contributed by atoms with Crippen LogP contribution in [0, 0.1) is 5.92 Å². The first-order chi connectivity index (χ1) is 11.5. The molecule has 2 atom stereocenters. The van der Waals surface area contributed by atoms with Gasteiger partial charge in [-0.2, -0.15) is 4.31 Å². The number of hydrogen-bond donors (Lipinski definition) is 0. The number of carbonyl (C=O) groups is 1. The largest absolute Gasteiger partial charge is 0.364 e. The van der Waals surface area contributed by atoms with Gasteiger partial charge in [0.1, 0.15) is 16.2 Å². The van der Waals surface area contributed by atoms with Gasteiger partial charge in [0, 0.05) is 32.2 Å². The van der Waals surface area contributed by atoms with Crippen LogP contribution in [0.25, 0.3) is 10.6 Å². The zero-order valence-electron chi connectivity index (χ0n) is 13.1. The molecule has 1 amide bonds. The van der Waals surface area contributed by atoms with E-state index >= 15 is 0 Å². The summed E-state index contributed by atoms with van der Waals surface area (Å²) < 4.78 is 32.6. The molecule has 128 valence electrons. The van der Waals surface area contributed by atoms with Crippen LogP contribution < -0.4 is 0 Å². The summed E-state index contributed by atoms with van der Waals surface area (Å²) in [5.74, 6) is -0.183. The van der Waals surface area contributed by atoms with Crippen molar-refractivity contribution in [3.05, 3.63) is 24.5 Å². The number of hydrogen-bond acceptors (Lipinski definition) is 6. The number of sulfonamides is 1. The number of thiophene rings is 1. The molecule has 5 heterocycles. The highest BCUT2D eigenvalue weighted by molar-refractivity contribution is 7.91. The topological polar surface area (TPSA) is 83.7 Å². The molecule has 2 aromatic rings. The standard InChI is InChI=1S/C15H17N3O4S2/c1-17-11-3-2-10(15(17)19)8-18(9-11)24(20,21)14-5-4-13(23-14)12-6-7-22-16-12/h4-7,10-11H,2-3,8-9H2,1H3/t10-,11+/m1/s1. The van der Waals surface area contributed by atoms with Crippen LogP contribution in [0.4, 0.5) is 0 Å². The van der Waals surface area contributed by atoms with Crippen molar-refractivity contribution in [2.24, 2.45) is 5.92 Å². The van der Waals surface area contributed by atoms with Crippen molar-refractivity contribution in [2.75, 3.05) is 20.1 Å². The fraction of sp³-hybridized carbons (Fsp3) is 0.467. The van der Waals surface area contributed by atoms with Crippen LogP contribution in [0.3, 0.4) is 0 Å². The Morgan fingerprint density at radius 2 is 2.08 bits per heavy atom. The molecule has 5 rings (SSSR count). The lowest BCUT2D eigenvalue weighted by atomic mass is 9.95. The van der Waals surface area contributed by atoms with Gasteiger partial charge in [0.2, 0.25) is 5.91 Å². The van der Waals surface area contributed by atoms with Crippen molar-refractivity contribution in [3.63, 3.8) is 0 Å². The molecule has 3 saturated heterocycles. The first-order valence-electron chi connectivity index (χ1n) is 7.74. The van der Waals surface area contributed by atoms with E-state index in [1.807, 2.05) is 0 Å². The van der Waals surface area contributed by atoms with Crippen molar-refractivity contribution in [3.8, 4) is 10.6 Å². The van der Waals surface area contributed by atoms with Gasteiger partial charge in [0.25, 0.3) is 10.0 Å². The predicted octanol–water partition coefficient (Wildman–Crippen LogP) is 1.64. The minimum absolute atomic E-state index is 0.0407. The van der Waals surface area contributed by atoms with E-state index < -0.39 is 10.0 Å². The van der Waals surface area contributed by atoms with Gasteiger partial charge >= 0.3 is 0 Å². The van der Waals surface area contributed by atoms with Crippen molar-refractivity contribution >= 4 is 27.3 Å². The first-order valence-corrected chi connectivity index (χ1v) is 10.00. The molecule has 24 heavy (non-hydrogen) atoms. The molecule has 3 aliphatic rings. The first kappa shape index (κ1) is 15.8. The lowest BCUT2D eigenvalue weighted by Crippen LogP contribution is -2.45. The van der Waals surface area contributed by atoms with Gasteiger partial charge in [0.15, 0.2) is 0 Å². The van der Waals surface area contributed by atoms with Gasteiger partial charge in [-0.3, -0.25) is 4.79 Å². The monoisotopic (exact) mass is 367 g/mol. The molecule has 9 heteroatoms. The lowest BCUT2D eigenvalue weighted by molar-refractivity contribution is -0.138. The Morgan fingerprint density at radius 1 is 1.25 bits per heavy atom.